The van der Waals surface area contributed by atoms with Crippen LogP contribution in [0.3, 0.4) is 0 Å². The first-order valence-electron chi connectivity index (χ1n) is 8.85. The number of thioether (sulfide) groups is 1. The third kappa shape index (κ3) is 4.44. The van der Waals surface area contributed by atoms with E-state index in [4.69, 9.17) is 4.74 Å². The molecule has 5 nitrogen and oxygen atoms in total. The second-order valence-electron chi connectivity index (χ2n) is 6.45. The highest BCUT2D eigenvalue weighted by Crippen LogP contribution is 2.27. The zero-order valence-electron chi connectivity index (χ0n) is 16.1. The van der Waals surface area contributed by atoms with Gasteiger partial charge in [-0.25, -0.2) is 4.98 Å². The predicted molar refractivity (Wildman–Crippen MR) is 111 cm³/mol. The lowest BCUT2D eigenvalue weighted by molar-refractivity contribution is -0.118. The molecule has 6 heteroatoms. The maximum absolute atomic E-state index is 12.2. The van der Waals surface area contributed by atoms with Gasteiger partial charge in [0.2, 0.25) is 5.91 Å². The monoisotopic (exact) mass is 391 g/mol. The second-order valence-corrected chi connectivity index (χ2v) is 7.41. The molecule has 0 radical (unpaired) electrons. The number of hydrogen-bond donors (Lipinski definition) is 1. The van der Waals surface area contributed by atoms with E-state index in [1.165, 1.54) is 11.8 Å². The summed E-state index contributed by atoms with van der Waals surface area (Å²) in [6.45, 7) is 4.50. The van der Waals surface area contributed by atoms with Crippen molar-refractivity contribution in [3.05, 3.63) is 64.7 Å². The molecule has 2 aromatic carbocycles. The van der Waals surface area contributed by atoms with Crippen LogP contribution >= 0.6 is 11.8 Å². The van der Waals surface area contributed by atoms with Crippen LogP contribution in [0.5, 0.6) is 5.75 Å². The molecule has 0 saturated carbocycles. The Balaban J connectivity index is 1.67. The number of pyridine rings is 1. The van der Waals surface area contributed by atoms with Gasteiger partial charge in [0.25, 0.3) is 0 Å². The number of aryl methyl sites for hydroxylation is 2. The molecule has 0 bridgehead atoms. The van der Waals surface area contributed by atoms with Gasteiger partial charge in [0.15, 0.2) is 0 Å². The molecule has 28 heavy (non-hydrogen) atoms. The summed E-state index contributed by atoms with van der Waals surface area (Å²) >= 11 is 1.28. The van der Waals surface area contributed by atoms with Crippen molar-refractivity contribution in [2.45, 2.75) is 25.4 Å². The molecule has 1 aromatic heterocycles. The normalized spacial score (nSPS) is 10.5. The van der Waals surface area contributed by atoms with Crippen molar-refractivity contribution in [1.82, 2.24) is 10.3 Å². The summed E-state index contributed by atoms with van der Waals surface area (Å²) in [4.78, 5) is 16.9. The number of ether oxygens (including phenoxy) is 1. The lowest BCUT2D eigenvalue weighted by Gasteiger charge is -2.10. The van der Waals surface area contributed by atoms with E-state index in [-0.39, 0.29) is 11.7 Å². The van der Waals surface area contributed by atoms with Gasteiger partial charge >= 0.3 is 0 Å². The molecular formula is C22H21N3O2S. The Bertz CT molecular complexity index is 1060. The molecule has 1 amide bonds. The fourth-order valence-corrected chi connectivity index (χ4v) is 3.57. The highest BCUT2D eigenvalue weighted by Gasteiger charge is 2.12. The van der Waals surface area contributed by atoms with Crippen LogP contribution in [0.4, 0.5) is 0 Å². The van der Waals surface area contributed by atoms with Crippen molar-refractivity contribution in [2.75, 3.05) is 12.9 Å². The summed E-state index contributed by atoms with van der Waals surface area (Å²) in [5.41, 5.74) is 4.60. The highest BCUT2D eigenvalue weighted by molar-refractivity contribution is 8.00. The number of nitrogens with one attached hydrogen (secondary N) is 1. The molecular weight excluding hydrogens is 370 g/mol. The highest BCUT2D eigenvalue weighted by atomic mass is 32.2. The van der Waals surface area contributed by atoms with Crippen molar-refractivity contribution in [2.24, 2.45) is 0 Å². The smallest absolute Gasteiger partial charge is 0.230 e. The number of hydrogen-bond acceptors (Lipinski definition) is 5. The number of benzene rings is 2. The number of carbonyl (C=O) groups excluding carboxylic acids is 1. The lowest BCUT2D eigenvalue weighted by Crippen LogP contribution is -2.24. The fraction of sp³-hybridized carbons (Fsp3) is 0.227. The Morgan fingerprint density at radius 3 is 2.64 bits per heavy atom. The molecule has 1 heterocycles. The third-order valence-corrected chi connectivity index (χ3v) is 5.58. The fourth-order valence-electron chi connectivity index (χ4n) is 2.78. The van der Waals surface area contributed by atoms with Crippen LogP contribution < -0.4 is 10.1 Å². The van der Waals surface area contributed by atoms with Gasteiger partial charge in [-0.05, 0) is 48.7 Å². The van der Waals surface area contributed by atoms with E-state index in [0.717, 1.165) is 33.3 Å². The van der Waals surface area contributed by atoms with Crippen LogP contribution in [0.25, 0.3) is 10.9 Å². The SMILES string of the molecule is COc1ccc(CNC(=O)CSc2nc3c(C)c(C)ccc3cc2C#N)cc1. The number of methoxy groups -OCH3 is 1. The van der Waals surface area contributed by atoms with Crippen molar-refractivity contribution < 1.29 is 9.53 Å². The summed E-state index contributed by atoms with van der Waals surface area (Å²) in [5.74, 6) is 0.879. The van der Waals surface area contributed by atoms with Crippen molar-refractivity contribution in [3.8, 4) is 11.8 Å². The zero-order valence-corrected chi connectivity index (χ0v) is 16.9. The molecule has 0 aliphatic heterocycles. The summed E-state index contributed by atoms with van der Waals surface area (Å²) in [6, 6.07) is 15.6. The molecule has 0 atom stereocenters. The van der Waals surface area contributed by atoms with Crippen LogP contribution in [0.2, 0.25) is 0 Å². The van der Waals surface area contributed by atoms with E-state index in [1.807, 2.05) is 56.3 Å². The van der Waals surface area contributed by atoms with Gasteiger partial charge in [0, 0.05) is 11.9 Å². The Kier molecular flexibility index (Phi) is 6.17. The molecule has 0 fully saturated rings. The lowest BCUT2D eigenvalue weighted by atomic mass is 10.0. The Labute approximate surface area is 168 Å². The molecule has 0 spiro atoms. The molecule has 1 N–H and O–H groups in total. The van der Waals surface area contributed by atoms with Gasteiger partial charge < -0.3 is 10.1 Å². The minimum Gasteiger partial charge on any atom is -0.497 e. The van der Waals surface area contributed by atoms with E-state index < -0.39 is 0 Å². The minimum absolute atomic E-state index is 0.104. The topological polar surface area (TPSA) is 75.0 Å². The first-order valence-corrected chi connectivity index (χ1v) is 9.84. The van der Waals surface area contributed by atoms with E-state index in [1.54, 1.807) is 7.11 Å². The second kappa shape index (κ2) is 8.77. The molecule has 0 unspecified atom stereocenters. The average Bonchev–Trinajstić information content (AvgIpc) is 2.73. The van der Waals surface area contributed by atoms with Gasteiger partial charge in [-0.3, -0.25) is 4.79 Å². The Morgan fingerprint density at radius 1 is 1.21 bits per heavy atom. The molecule has 3 rings (SSSR count). The number of fused-ring (bicyclic) bond motifs is 1. The van der Waals surface area contributed by atoms with Gasteiger partial charge in [0.05, 0.1) is 23.9 Å². The van der Waals surface area contributed by atoms with E-state index >= 15 is 0 Å². The summed E-state index contributed by atoms with van der Waals surface area (Å²) in [5, 5.41) is 13.9. The predicted octanol–water partition coefficient (Wildman–Crippen LogP) is 4.14. The molecule has 0 saturated heterocycles. The maximum Gasteiger partial charge on any atom is 0.230 e. The first kappa shape index (κ1) is 19.7. The number of amides is 1. The summed E-state index contributed by atoms with van der Waals surface area (Å²) in [6.07, 6.45) is 0. The zero-order chi connectivity index (χ0) is 20.1. The van der Waals surface area contributed by atoms with Gasteiger partial charge in [-0.1, -0.05) is 36.0 Å². The Hall–Kier alpha value is -3.04. The number of rotatable bonds is 6. The first-order chi connectivity index (χ1) is 13.5. The van der Waals surface area contributed by atoms with E-state index in [2.05, 4.69) is 16.4 Å². The van der Waals surface area contributed by atoms with E-state index in [9.17, 15) is 10.1 Å². The van der Waals surface area contributed by atoms with Crippen LogP contribution in [0, 0.1) is 25.2 Å². The Morgan fingerprint density at radius 2 is 1.96 bits per heavy atom. The van der Waals surface area contributed by atoms with Gasteiger partial charge in [-0.15, -0.1) is 0 Å². The van der Waals surface area contributed by atoms with Crippen LogP contribution in [-0.4, -0.2) is 23.8 Å². The summed E-state index contributed by atoms with van der Waals surface area (Å²) < 4.78 is 5.13. The number of carbonyl (C=O) groups is 1. The van der Waals surface area contributed by atoms with Crippen molar-refractivity contribution in [1.29, 1.82) is 5.26 Å². The molecule has 142 valence electrons. The quantitative estimate of drug-likeness (QED) is 0.639. The largest absolute Gasteiger partial charge is 0.497 e. The number of nitrogens with zero attached hydrogens (tertiary/aromatic N) is 2. The van der Waals surface area contributed by atoms with Gasteiger partial charge in [-0.2, -0.15) is 5.26 Å². The maximum atomic E-state index is 12.2. The van der Waals surface area contributed by atoms with Crippen molar-refractivity contribution >= 4 is 28.6 Å². The summed E-state index contributed by atoms with van der Waals surface area (Å²) in [7, 11) is 1.62. The minimum atomic E-state index is -0.104. The van der Waals surface area contributed by atoms with E-state index in [0.29, 0.717) is 17.1 Å². The average molecular weight is 391 g/mol. The number of aromatic nitrogens is 1. The van der Waals surface area contributed by atoms with Crippen molar-refractivity contribution in [3.63, 3.8) is 0 Å². The van der Waals surface area contributed by atoms with Gasteiger partial charge in [0.1, 0.15) is 16.8 Å². The van der Waals surface area contributed by atoms with Crippen LogP contribution in [0.1, 0.15) is 22.3 Å². The van der Waals surface area contributed by atoms with Crippen LogP contribution in [0.15, 0.2) is 47.5 Å². The third-order valence-electron chi connectivity index (χ3n) is 4.59. The molecule has 0 aliphatic carbocycles. The number of nitriles is 1. The van der Waals surface area contributed by atoms with Crippen LogP contribution in [-0.2, 0) is 11.3 Å². The molecule has 3 aromatic rings. The standard InChI is InChI=1S/C22H21N3O2S/c1-14-4-7-17-10-18(11-23)22(25-21(17)15(14)2)28-13-20(26)24-12-16-5-8-19(27-3)9-6-16/h4-10H,12-13H2,1-3H3,(H,24,26). The molecule has 0 aliphatic rings.